The van der Waals surface area contributed by atoms with E-state index in [9.17, 15) is 0 Å². The zero-order valence-electron chi connectivity index (χ0n) is 39.3. The number of aromatic nitrogens is 8. The molecule has 0 N–H and O–H groups in total. The van der Waals surface area contributed by atoms with Crippen molar-refractivity contribution in [2.24, 2.45) is 0 Å². The molecule has 8 nitrogen and oxygen atoms in total. The van der Waals surface area contributed by atoms with E-state index in [0.29, 0.717) is 29.1 Å². The molecule has 0 atom stereocenters. The van der Waals surface area contributed by atoms with Crippen LogP contribution in [-0.4, -0.2) is 39.5 Å². The fourth-order valence-corrected chi connectivity index (χ4v) is 9.53. The van der Waals surface area contributed by atoms with Gasteiger partial charge in [0.15, 0.2) is 29.1 Å². The van der Waals surface area contributed by atoms with E-state index in [4.69, 9.17) is 34.9 Å². The Morgan fingerprint density at radius 1 is 0.219 bits per heavy atom. The van der Waals surface area contributed by atoms with E-state index >= 15 is 0 Å². The molecule has 0 bridgehead atoms. The van der Waals surface area contributed by atoms with Gasteiger partial charge in [0.25, 0.3) is 0 Å². The van der Waals surface area contributed by atoms with E-state index < -0.39 is 0 Å². The van der Waals surface area contributed by atoms with Crippen LogP contribution in [0.2, 0.25) is 0 Å². The first kappa shape index (κ1) is 43.0. The first-order chi connectivity index (χ1) is 36.2. The average molecular weight is 935 g/mol. The predicted octanol–water partition coefficient (Wildman–Crippen LogP) is 15.6. The van der Waals surface area contributed by atoms with Gasteiger partial charge in [0.1, 0.15) is 0 Å². The summed E-state index contributed by atoms with van der Waals surface area (Å²) in [5.41, 5.74) is 14.4. The van der Waals surface area contributed by atoms with E-state index in [2.05, 4.69) is 126 Å². The molecular weight excluding hydrogens is 893 g/mol. The largest absolute Gasteiger partial charge is 0.309 e. The lowest BCUT2D eigenvalue weighted by Gasteiger charge is -2.17. The average Bonchev–Trinajstić information content (AvgIpc) is 3.81. The molecule has 13 aromatic rings. The van der Waals surface area contributed by atoms with Crippen molar-refractivity contribution >= 4 is 21.8 Å². The van der Waals surface area contributed by atoms with Crippen molar-refractivity contribution in [3.8, 4) is 108 Å². The lowest BCUT2D eigenvalue weighted by molar-refractivity contribution is 1.07. The third-order valence-corrected chi connectivity index (χ3v) is 13.1. The smallest absolute Gasteiger partial charge is 0.164 e. The van der Waals surface area contributed by atoms with Crippen LogP contribution in [0.3, 0.4) is 0 Å². The minimum Gasteiger partial charge on any atom is -0.309 e. The fraction of sp³-hybridized carbons (Fsp3) is 0. The molecular formula is C65H42N8. The molecule has 0 spiro atoms. The summed E-state index contributed by atoms with van der Waals surface area (Å²) >= 11 is 0. The summed E-state index contributed by atoms with van der Waals surface area (Å²) in [4.78, 5) is 36.5. The van der Waals surface area contributed by atoms with Crippen LogP contribution in [-0.2, 0) is 0 Å². The number of nitrogens with zero attached hydrogens (tertiary/aromatic N) is 8. The summed E-state index contributed by atoms with van der Waals surface area (Å²) in [6.07, 6.45) is 0. The van der Waals surface area contributed by atoms with E-state index in [1.165, 1.54) is 0 Å². The topological polar surface area (TPSA) is 95.2 Å². The van der Waals surface area contributed by atoms with Crippen LogP contribution in [0.5, 0.6) is 0 Å². The van der Waals surface area contributed by atoms with Crippen LogP contribution in [0, 0.1) is 0 Å². The summed E-state index contributed by atoms with van der Waals surface area (Å²) < 4.78 is 2.34. The Kier molecular flexibility index (Phi) is 11.0. The molecule has 0 saturated carbocycles. The zero-order valence-corrected chi connectivity index (χ0v) is 39.3. The van der Waals surface area contributed by atoms with Crippen LogP contribution < -0.4 is 0 Å². The van der Waals surface area contributed by atoms with Crippen LogP contribution in [0.4, 0.5) is 0 Å². The minimum absolute atomic E-state index is 0.572. The molecule has 0 saturated heterocycles. The van der Waals surface area contributed by atoms with Gasteiger partial charge in [0.2, 0.25) is 0 Å². The van der Waals surface area contributed by atoms with Crippen molar-refractivity contribution in [2.45, 2.75) is 0 Å². The molecule has 13 rings (SSSR count). The molecule has 342 valence electrons. The third-order valence-electron chi connectivity index (χ3n) is 13.1. The quantitative estimate of drug-likeness (QED) is 0.135. The molecule has 0 fully saturated rings. The van der Waals surface area contributed by atoms with Crippen LogP contribution >= 0.6 is 0 Å². The minimum atomic E-state index is 0.572. The summed E-state index contributed by atoms with van der Waals surface area (Å²) in [5, 5.41) is 2.19. The standard InChI is InChI=1S/C65H42N8/c1-7-21-43(22-8-1)54-41-55(44-23-9-2-10-24-44)68-64(67-54)49-36-38-59(53(39-49)57-42-56(45-25-11-3-12-26-45)66-61(69-57)46-27-13-4-14-28-46)73-58-34-20-19-33-51(58)52-37-35-50(40-60(52)73)65-71-62(47-29-15-5-16-30-47)70-63(72-65)48-31-17-6-18-32-48/h1-42H. The Hall–Kier alpha value is -10.1. The maximum Gasteiger partial charge on any atom is 0.164 e. The van der Waals surface area contributed by atoms with Gasteiger partial charge in [0, 0.05) is 60.8 Å². The highest BCUT2D eigenvalue weighted by molar-refractivity contribution is 6.10. The van der Waals surface area contributed by atoms with Gasteiger partial charge < -0.3 is 4.57 Å². The Balaban J connectivity index is 1.08. The van der Waals surface area contributed by atoms with Gasteiger partial charge in [-0.2, -0.15) is 0 Å². The molecule has 73 heavy (non-hydrogen) atoms. The number of benzene rings is 9. The number of rotatable bonds is 10. The zero-order chi connectivity index (χ0) is 48.5. The molecule has 0 unspecified atom stereocenters. The van der Waals surface area contributed by atoms with Crippen molar-refractivity contribution in [3.63, 3.8) is 0 Å². The van der Waals surface area contributed by atoms with Crippen molar-refractivity contribution in [3.05, 3.63) is 255 Å². The maximum atomic E-state index is 5.45. The summed E-state index contributed by atoms with van der Waals surface area (Å²) in [6, 6.07) is 86.9. The summed E-state index contributed by atoms with van der Waals surface area (Å²) in [7, 11) is 0. The number of hydrogen-bond acceptors (Lipinski definition) is 7. The van der Waals surface area contributed by atoms with Gasteiger partial charge >= 0.3 is 0 Å². The summed E-state index contributed by atoms with van der Waals surface area (Å²) in [6.45, 7) is 0. The fourth-order valence-electron chi connectivity index (χ4n) is 9.53. The first-order valence-corrected chi connectivity index (χ1v) is 24.2. The van der Waals surface area contributed by atoms with Crippen LogP contribution in [0.15, 0.2) is 255 Å². The Bertz CT molecular complexity index is 3940. The van der Waals surface area contributed by atoms with Gasteiger partial charge in [0.05, 0.1) is 39.5 Å². The van der Waals surface area contributed by atoms with Gasteiger partial charge in [-0.05, 0) is 42.5 Å². The van der Waals surface area contributed by atoms with E-state index in [1.54, 1.807) is 0 Å². The SMILES string of the molecule is c1ccc(-c2cc(-c3ccccc3)nc(-c3ccc(-n4c5ccccc5c5ccc(-c6nc(-c7ccccc7)nc(-c7ccccc7)n6)cc54)c(-c4cc(-c5ccccc5)nc(-c5ccccc5)n4)c3)n2)cc1. The van der Waals surface area contributed by atoms with Gasteiger partial charge in [-0.25, -0.2) is 34.9 Å². The molecule has 0 aliphatic heterocycles. The van der Waals surface area contributed by atoms with Gasteiger partial charge in [-0.1, -0.05) is 212 Å². The molecule has 0 aliphatic carbocycles. The molecule has 4 aromatic heterocycles. The molecule has 8 heteroatoms. The van der Waals surface area contributed by atoms with Crippen molar-refractivity contribution < 1.29 is 0 Å². The lowest BCUT2D eigenvalue weighted by atomic mass is 10.0. The molecule has 0 radical (unpaired) electrons. The third kappa shape index (κ3) is 8.39. The van der Waals surface area contributed by atoms with E-state index in [0.717, 1.165) is 100 Å². The normalized spacial score (nSPS) is 11.3. The van der Waals surface area contributed by atoms with Crippen molar-refractivity contribution in [1.29, 1.82) is 0 Å². The molecule has 4 heterocycles. The number of hydrogen-bond donors (Lipinski definition) is 0. The van der Waals surface area contributed by atoms with E-state index in [-0.39, 0.29) is 0 Å². The van der Waals surface area contributed by atoms with Crippen LogP contribution in [0.1, 0.15) is 0 Å². The summed E-state index contributed by atoms with van der Waals surface area (Å²) in [5.74, 6) is 2.98. The monoisotopic (exact) mass is 934 g/mol. The Morgan fingerprint density at radius 2 is 0.562 bits per heavy atom. The molecule has 9 aromatic carbocycles. The maximum absolute atomic E-state index is 5.45. The van der Waals surface area contributed by atoms with Gasteiger partial charge in [-0.15, -0.1) is 0 Å². The highest BCUT2D eigenvalue weighted by Gasteiger charge is 2.22. The second kappa shape index (κ2) is 18.7. The van der Waals surface area contributed by atoms with Crippen molar-refractivity contribution in [2.75, 3.05) is 0 Å². The second-order valence-corrected chi connectivity index (χ2v) is 17.7. The Morgan fingerprint density at radius 3 is 1.05 bits per heavy atom. The van der Waals surface area contributed by atoms with E-state index in [1.807, 2.05) is 133 Å². The molecule has 0 amide bonds. The predicted molar refractivity (Wildman–Crippen MR) is 294 cm³/mol. The number of fused-ring (bicyclic) bond motifs is 3. The van der Waals surface area contributed by atoms with Crippen LogP contribution in [0.25, 0.3) is 129 Å². The highest BCUT2D eigenvalue weighted by Crippen LogP contribution is 2.41. The molecule has 0 aliphatic rings. The highest BCUT2D eigenvalue weighted by atomic mass is 15.0. The van der Waals surface area contributed by atoms with Crippen molar-refractivity contribution in [1.82, 2.24) is 39.5 Å². The lowest BCUT2D eigenvalue weighted by Crippen LogP contribution is -2.03. The second-order valence-electron chi connectivity index (χ2n) is 17.7. The first-order valence-electron chi connectivity index (χ1n) is 24.2. The number of para-hydroxylation sites is 1. The Labute approximate surface area is 421 Å². The van der Waals surface area contributed by atoms with Gasteiger partial charge in [-0.3, -0.25) is 0 Å².